The monoisotopic (exact) mass is 264 g/mol. The van der Waals surface area contributed by atoms with Crippen molar-refractivity contribution < 1.29 is 4.92 Å². The predicted molar refractivity (Wildman–Crippen MR) is 67.5 cm³/mol. The van der Waals surface area contributed by atoms with Gasteiger partial charge in [0.1, 0.15) is 5.15 Å². The van der Waals surface area contributed by atoms with Gasteiger partial charge in [-0.3, -0.25) is 10.1 Å². The number of aromatic nitrogens is 2. The Bertz CT molecular complexity index is 559. The molecule has 18 heavy (non-hydrogen) atoms. The fourth-order valence-electron chi connectivity index (χ4n) is 1.38. The molecule has 0 aromatic carbocycles. The molecule has 2 aromatic rings. The summed E-state index contributed by atoms with van der Waals surface area (Å²) in [5.41, 5.74) is 0.804. The van der Waals surface area contributed by atoms with Crippen molar-refractivity contribution in [3.05, 3.63) is 57.5 Å². The fourth-order valence-corrected chi connectivity index (χ4v) is 1.49. The van der Waals surface area contributed by atoms with Gasteiger partial charge in [0, 0.05) is 25.0 Å². The molecule has 0 saturated carbocycles. The molecule has 0 aliphatic rings. The van der Waals surface area contributed by atoms with E-state index in [9.17, 15) is 10.1 Å². The van der Waals surface area contributed by atoms with Crippen molar-refractivity contribution in [2.24, 2.45) is 0 Å². The first-order valence-corrected chi connectivity index (χ1v) is 5.48. The molecule has 0 bridgehead atoms. The van der Waals surface area contributed by atoms with Crippen LogP contribution in [0, 0.1) is 10.1 Å². The Morgan fingerprint density at radius 1 is 1.33 bits per heavy atom. The van der Waals surface area contributed by atoms with E-state index in [2.05, 4.69) is 15.3 Å². The van der Waals surface area contributed by atoms with Crippen LogP contribution in [-0.4, -0.2) is 14.9 Å². The smallest absolute Gasteiger partial charge is 0.311 e. The number of nitrogens with zero attached hydrogens (tertiary/aromatic N) is 3. The lowest BCUT2D eigenvalue weighted by atomic mass is 10.3. The number of nitrogens with one attached hydrogen (secondary N) is 1. The van der Waals surface area contributed by atoms with Gasteiger partial charge in [-0.25, -0.2) is 9.97 Å². The van der Waals surface area contributed by atoms with Crippen LogP contribution in [0.1, 0.15) is 5.56 Å². The van der Waals surface area contributed by atoms with E-state index >= 15 is 0 Å². The maximum atomic E-state index is 10.8. The van der Waals surface area contributed by atoms with Crippen LogP contribution in [0.15, 0.2) is 36.7 Å². The number of hydrogen-bond acceptors (Lipinski definition) is 5. The Morgan fingerprint density at radius 2 is 2.17 bits per heavy atom. The van der Waals surface area contributed by atoms with Crippen molar-refractivity contribution >= 4 is 23.1 Å². The minimum Gasteiger partial charge on any atom is -0.360 e. The largest absolute Gasteiger partial charge is 0.360 e. The lowest BCUT2D eigenvalue weighted by Gasteiger charge is -2.05. The first kappa shape index (κ1) is 12.3. The summed E-state index contributed by atoms with van der Waals surface area (Å²) in [4.78, 5) is 18.2. The molecular formula is C11H9ClN4O2. The Morgan fingerprint density at radius 3 is 2.83 bits per heavy atom. The summed E-state index contributed by atoms with van der Waals surface area (Å²) < 4.78 is 0. The van der Waals surface area contributed by atoms with Gasteiger partial charge in [-0.15, -0.1) is 0 Å². The molecule has 0 aliphatic carbocycles. The second-order valence-corrected chi connectivity index (χ2v) is 3.86. The van der Waals surface area contributed by atoms with E-state index in [0.717, 1.165) is 5.56 Å². The summed E-state index contributed by atoms with van der Waals surface area (Å²) in [5.74, 6) is 0.234. The molecule has 0 saturated heterocycles. The molecule has 1 N–H and O–H groups in total. The van der Waals surface area contributed by atoms with Crippen molar-refractivity contribution in [3.63, 3.8) is 0 Å². The highest BCUT2D eigenvalue weighted by atomic mass is 35.5. The summed E-state index contributed by atoms with van der Waals surface area (Å²) in [6, 6.07) is 6.37. The van der Waals surface area contributed by atoms with Gasteiger partial charge in [-0.1, -0.05) is 17.7 Å². The summed E-state index contributed by atoms with van der Waals surface area (Å²) in [5, 5.41) is 14.1. The topological polar surface area (TPSA) is 81.0 Å². The van der Waals surface area contributed by atoms with Crippen LogP contribution in [0.5, 0.6) is 0 Å². The lowest BCUT2D eigenvalue weighted by molar-refractivity contribution is -0.384. The van der Waals surface area contributed by atoms with E-state index < -0.39 is 4.92 Å². The lowest BCUT2D eigenvalue weighted by Crippen LogP contribution is -2.04. The van der Waals surface area contributed by atoms with Gasteiger partial charge in [0.25, 0.3) is 0 Å². The average Bonchev–Trinajstić information content (AvgIpc) is 2.38. The highest BCUT2D eigenvalue weighted by molar-refractivity contribution is 6.29. The van der Waals surface area contributed by atoms with Gasteiger partial charge in [0.15, 0.2) is 0 Å². The van der Waals surface area contributed by atoms with Gasteiger partial charge in [-0.2, -0.15) is 0 Å². The average molecular weight is 265 g/mol. The van der Waals surface area contributed by atoms with Crippen LogP contribution >= 0.6 is 11.6 Å². The number of hydrogen-bond donors (Lipinski definition) is 1. The molecular weight excluding hydrogens is 256 g/mol. The minimum absolute atomic E-state index is 0.0561. The van der Waals surface area contributed by atoms with Crippen LogP contribution in [0.25, 0.3) is 0 Å². The summed E-state index contributed by atoms with van der Waals surface area (Å²) >= 11 is 5.66. The summed E-state index contributed by atoms with van der Waals surface area (Å²) in [6.45, 7) is 0.391. The van der Waals surface area contributed by atoms with Gasteiger partial charge < -0.3 is 5.32 Å². The molecule has 92 valence electrons. The molecule has 0 radical (unpaired) electrons. The van der Waals surface area contributed by atoms with Gasteiger partial charge in [0.2, 0.25) is 5.82 Å². The van der Waals surface area contributed by atoms with E-state index in [4.69, 9.17) is 11.6 Å². The van der Waals surface area contributed by atoms with E-state index in [1.807, 2.05) is 0 Å². The van der Waals surface area contributed by atoms with Crippen LogP contribution < -0.4 is 5.32 Å². The Balaban J connectivity index is 2.10. The quantitative estimate of drug-likeness (QED) is 0.522. The first-order valence-electron chi connectivity index (χ1n) is 5.10. The van der Waals surface area contributed by atoms with Crippen molar-refractivity contribution in [2.45, 2.75) is 6.54 Å². The van der Waals surface area contributed by atoms with Crippen molar-refractivity contribution in [3.8, 4) is 0 Å². The molecule has 0 atom stereocenters. The van der Waals surface area contributed by atoms with E-state index in [1.165, 1.54) is 18.3 Å². The van der Waals surface area contributed by atoms with E-state index in [-0.39, 0.29) is 11.5 Å². The van der Waals surface area contributed by atoms with Crippen LogP contribution in [0.4, 0.5) is 11.5 Å². The molecule has 2 heterocycles. The Hall–Kier alpha value is -2.21. The second kappa shape index (κ2) is 5.42. The number of pyridine rings is 2. The van der Waals surface area contributed by atoms with Gasteiger partial charge in [0.05, 0.1) is 4.92 Å². The fraction of sp³-hybridized carbons (Fsp3) is 0.0909. The normalized spacial score (nSPS) is 10.1. The van der Waals surface area contributed by atoms with Crippen LogP contribution in [0.2, 0.25) is 5.15 Å². The number of anilines is 1. The van der Waals surface area contributed by atoms with Crippen molar-refractivity contribution in [2.75, 3.05) is 5.32 Å². The van der Waals surface area contributed by atoms with Crippen molar-refractivity contribution in [1.29, 1.82) is 0 Å². The number of rotatable bonds is 4. The third-order valence-corrected chi connectivity index (χ3v) is 2.46. The predicted octanol–water partition coefficient (Wildman–Crippen LogP) is 2.65. The zero-order chi connectivity index (χ0) is 13.0. The molecule has 0 unspecified atom stereocenters. The second-order valence-electron chi connectivity index (χ2n) is 3.47. The van der Waals surface area contributed by atoms with E-state index in [1.54, 1.807) is 18.3 Å². The van der Waals surface area contributed by atoms with Crippen LogP contribution in [-0.2, 0) is 6.54 Å². The third kappa shape index (κ3) is 2.92. The maximum absolute atomic E-state index is 10.8. The highest BCUT2D eigenvalue weighted by Crippen LogP contribution is 2.20. The standard InChI is InChI=1S/C11H9ClN4O2/c12-10-4-3-8(6-14-10)7-15-11-9(16(17)18)2-1-5-13-11/h1-6H,7H2,(H,13,15). The molecule has 0 spiro atoms. The molecule has 6 nitrogen and oxygen atoms in total. The van der Waals surface area contributed by atoms with Gasteiger partial charge >= 0.3 is 5.69 Å². The molecule has 0 amide bonds. The SMILES string of the molecule is O=[N+]([O-])c1cccnc1NCc1ccc(Cl)nc1. The molecule has 0 aliphatic heterocycles. The molecule has 7 heteroatoms. The minimum atomic E-state index is -0.477. The highest BCUT2D eigenvalue weighted by Gasteiger charge is 2.13. The number of halogens is 1. The van der Waals surface area contributed by atoms with E-state index in [0.29, 0.717) is 11.7 Å². The van der Waals surface area contributed by atoms with Gasteiger partial charge in [-0.05, 0) is 17.7 Å². The maximum Gasteiger partial charge on any atom is 0.311 e. The summed E-state index contributed by atoms with van der Waals surface area (Å²) in [6.07, 6.45) is 3.10. The zero-order valence-electron chi connectivity index (χ0n) is 9.21. The zero-order valence-corrected chi connectivity index (χ0v) is 9.96. The Kier molecular flexibility index (Phi) is 3.69. The molecule has 2 aromatic heterocycles. The summed E-state index contributed by atoms with van der Waals surface area (Å²) in [7, 11) is 0. The third-order valence-electron chi connectivity index (χ3n) is 2.23. The number of nitro groups is 1. The molecule has 2 rings (SSSR count). The van der Waals surface area contributed by atoms with Crippen molar-refractivity contribution in [1.82, 2.24) is 9.97 Å². The Labute approximate surface area is 108 Å². The van der Waals surface area contributed by atoms with Crippen LogP contribution in [0.3, 0.4) is 0 Å². The molecule has 0 fully saturated rings. The first-order chi connectivity index (χ1) is 8.66.